The highest BCUT2D eigenvalue weighted by molar-refractivity contribution is 7.92. The number of nitrogens with one attached hydrogen (secondary N) is 1. The predicted molar refractivity (Wildman–Crippen MR) is 138 cm³/mol. The molecule has 1 atom stereocenters. The average Bonchev–Trinajstić information content (AvgIpc) is 2.72. The lowest BCUT2D eigenvalue weighted by atomic mass is 10.1. The van der Waals surface area contributed by atoms with Gasteiger partial charge in [0.25, 0.3) is 0 Å². The summed E-state index contributed by atoms with van der Waals surface area (Å²) < 4.78 is 26.2. The Bertz CT molecular complexity index is 1120. The molecule has 2 rings (SSSR count). The zero-order chi connectivity index (χ0) is 25.7. The SMILES string of the molecule is CCC(C(=O)NC(C)(C)C)N(Cc1ccccc1)C(=O)CN(c1ccc(Cl)c(Cl)c1)S(C)(=O)=O. The van der Waals surface area contributed by atoms with Crippen LogP contribution in [0.2, 0.25) is 10.0 Å². The molecule has 0 bridgehead atoms. The number of hydrogen-bond acceptors (Lipinski definition) is 4. The highest BCUT2D eigenvalue weighted by Crippen LogP contribution is 2.28. The lowest BCUT2D eigenvalue weighted by Crippen LogP contribution is -2.55. The Morgan fingerprint density at radius 2 is 1.65 bits per heavy atom. The van der Waals surface area contributed by atoms with Crippen molar-refractivity contribution in [3.8, 4) is 0 Å². The molecule has 0 aromatic heterocycles. The Labute approximate surface area is 212 Å². The number of benzene rings is 2. The van der Waals surface area contributed by atoms with E-state index in [2.05, 4.69) is 5.32 Å². The summed E-state index contributed by atoms with van der Waals surface area (Å²) in [5, 5.41) is 3.35. The van der Waals surface area contributed by atoms with Crippen LogP contribution in [0.15, 0.2) is 48.5 Å². The maximum absolute atomic E-state index is 13.6. The van der Waals surface area contributed by atoms with E-state index in [1.807, 2.05) is 58.0 Å². The van der Waals surface area contributed by atoms with Crippen molar-refractivity contribution >= 4 is 50.7 Å². The summed E-state index contributed by atoms with van der Waals surface area (Å²) >= 11 is 12.1. The van der Waals surface area contributed by atoms with E-state index < -0.39 is 34.1 Å². The maximum atomic E-state index is 13.6. The van der Waals surface area contributed by atoms with E-state index >= 15 is 0 Å². The topological polar surface area (TPSA) is 86.8 Å². The molecule has 10 heteroatoms. The summed E-state index contributed by atoms with van der Waals surface area (Å²) in [6.45, 7) is 7.03. The third-order valence-electron chi connectivity index (χ3n) is 4.95. The highest BCUT2D eigenvalue weighted by Gasteiger charge is 2.33. The molecule has 2 amide bonds. The number of halogens is 2. The monoisotopic (exact) mass is 527 g/mol. The van der Waals surface area contributed by atoms with Crippen LogP contribution in [0, 0.1) is 0 Å². The summed E-state index contributed by atoms with van der Waals surface area (Å²) in [5.41, 5.74) is 0.528. The predicted octanol–water partition coefficient (Wildman–Crippen LogP) is 4.48. The van der Waals surface area contributed by atoms with Gasteiger partial charge in [0.15, 0.2) is 0 Å². The van der Waals surface area contributed by atoms with Gasteiger partial charge in [0.2, 0.25) is 21.8 Å². The summed E-state index contributed by atoms with van der Waals surface area (Å²) in [6.07, 6.45) is 1.36. The van der Waals surface area contributed by atoms with E-state index in [9.17, 15) is 18.0 Å². The summed E-state index contributed by atoms with van der Waals surface area (Å²) in [7, 11) is -3.85. The lowest BCUT2D eigenvalue weighted by molar-refractivity contribution is -0.141. The second kappa shape index (κ2) is 11.4. The van der Waals surface area contributed by atoms with E-state index in [1.54, 1.807) is 0 Å². The number of carbonyl (C=O) groups excluding carboxylic acids is 2. The summed E-state index contributed by atoms with van der Waals surface area (Å²) in [6, 6.07) is 12.8. The molecule has 0 saturated carbocycles. The van der Waals surface area contributed by atoms with Crippen LogP contribution in [-0.2, 0) is 26.2 Å². The fourth-order valence-corrected chi connectivity index (χ4v) is 4.54. The third-order valence-corrected chi connectivity index (χ3v) is 6.83. The lowest BCUT2D eigenvalue weighted by Gasteiger charge is -2.34. The van der Waals surface area contributed by atoms with Crippen LogP contribution in [0.25, 0.3) is 0 Å². The molecule has 7 nitrogen and oxygen atoms in total. The standard InChI is InChI=1S/C24H31Cl2N3O4S/c1-6-21(23(31)27-24(2,3)4)28(15-17-10-8-7-9-11-17)22(30)16-29(34(5,32)33)18-12-13-19(25)20(26)14-18/h7-14,21H,6,15-16H2,1-5H3,(H,27,31). The molecule has 0 saturated heterocycles. The van der Waals surface area contributed by atoms with Gasteiger partial charge in [-0.15, -0.1) is 0 Å². The van der Waals surface area contributed by atoms with Gasteiger partial charge in [-0.2, -0.15) is 0 Å². The molecule has 0 aliphatic rings. The van der Waals surface area contributed by atoms with Gasteiger partial charge in [-0.25, -0.2) is 8.42 Å². The Morgan fingerprint density at radius 3 is 2.15 bits per heavy atom. The van der Waals surface area contributed by atoms with Crippen LogP contribution in [0.3, 0.4) is 0 Å². The van der Waals surface area contributed by atoms with Crippen molar-refractivity contribution in [3.63, 3.8) is 0 Å². The van der Waals surface area contributed by atoms with Crippen molar-refractivity contribution in [2.24, 2.45) is 0 Å². The number of sulfonamides is 1. The molecule has 0 heterocycles. The molecule has 34 heavy (non-hydrogen) atoms. The van der Waals surface area contributed by atoms with Crippen LogP contribution in [0.1, 0.15) is 39.7 Å². The van der Waals surface area contributed by atoms with Gasteiger partial charge in [0.05, 0.1) is 22.0 Å². The smallest absolute Gasteiger partial charge is 0.244 e. The Morgan fingerprint density at radius 1 is 1.03 bits per heavy atom. The van der Waals surface area contributed by atoms with Crippen molar-refractivity contribution < 1.29 is 18.0 Å². The first kappa shape index (κ1) is 28.0. The fourth-order valence-electron chi connectivity index (χ4n) is 3.41. The number of carbonyl (C=O) groups is 2. The minimum absolute atomic E-state index is 0.148. The number of amides is 2. The van der Waals surface area contributed by atoms with E-state index in [0.29, 0.717) is 6.42 Å². The summed E-state index contributed by atoms with van der Waals surface area (Å²) in [5.74, 6) is -0.823. The minimum Gasteiger partial charge on any atom is -0.350 e. The molecular formula is C24H31Cl2N3O4S. The van der Waals surface area contributed by atoms with Crippen molar-refractivity contribution in [1.29, 1.82) is 0 Å². The Balaban J connectivity index is 2.45. The van der Waals surface area contributed by atoms with Gasteiger partial charge in [-0.1, -0.05) is 60.5 Å². The van der Waals surface area contributed by atoms with Crippen LogP contribution >= 0.6 is 23.2 Å². The maximum Gasteiger partial charge on any atom is 0.244 e. The average molecular weight is 529 g/mol. The molecule has 1 unspecified atom stereocenters. The van der Waals surface area contributed by atoms with E-state index in [-0.39, 0.29) is 28.2 Å². The number of nitrogens with zero attached hydrogens (tertiary/aromatic N) is 2. The van der Waals surface area contributed by atoms with Gasteiger partial charge in [0, 0.05) is 12.1 Å². The van der Waals surface area contributed by atoms with E-state index in [0.717, 1.165) is 16.1 Å². The molecule has 1 N–H and O–H groups in total. The molecule has 0 aliphatic carbocycles. The molecule has 0 radical (unpaired) electrons. The van der Waals surface area contributed by atoms with Crippen LogP contribution in [-0.4, -0.2) is 49.5 Å². The second-order valence-corrected chi connectivity index (χ2v) is 11.8. The van der Waals surface area contributed by atoms with Gasteiger partial charge < -0.3 is 10.2 Å². The van der Waals surface area contributed by atoms with Crippen molar-refractivity contribution in [1.82, 2.24) is 10.2 Å². The van der Waals surface area contributed by atoms with Crippen LogP contribution in [0.4, 0.5) is 5.69 Å². The van der Waals surface area contributed by atoms with Gasteiger partial charge in [-0.05, 0) is 51.0 Å². The number of anilines is 1. The zero-order valence-electron chi connectivity index (χ0n) is 20.0. The van der Waals surface area contributed by atoms with Crippen LogP contribution in [0.5, 0.6) is 0 Å². The fraction of sp³-hybridized carbons (Fsp3) is 0.417. The molecule has 0 fully saturated rings. The molecule has 2 aromatic carbocycles. The first-order chi connectivity index (χ1) is 15.7. The second-order valence-electron chi connectivity index (χ2n) is 9.04. The molecule has 0 spiro atoms. The van der Waals surface area contributed by atoms with E-state index in [4.69, 9.17) is 23.2 Å². The number of rotatable bonds is 9. The zero-order valence-corrected chi connectivity index (χ0v) is 22.3. The largest absolute Gasteiger partial charge is 0.350 e. The minimum atomic E-state index is -3.85. The molecule has 0 aliphatic heterocycles. The number of hydrogen-bond donors (Lipinski definition) is 1. The van der Waals surface area contributed by atoms with Gasteiger partial charge in [-0.3, -0.25) is 13.9 Å². The Hall–Kier alpha value is -2.29. The normalized spacial score (nSPS) is 12.7. The Kier molecular flexibility index (Phi) is 9.39. The third kappa shape index (κ3) is 7.89. The first-order valence-corrected chi connectivity index (χ1v) is 13.4. The van der Waals surface area contributed by atoms with Gasteiger partial charge >= 0.3 is 0 Å². The van der Waals surface area contributed by atoms with Crippen molar-refractivity contribution in [2.45, 2.75) is 52.2 Å². The molecule has 186 valence electrons. The van der Waals surface area contributed by atoms with E-state index in [1.165, 1.54) is 23.1 Å². The van der Waals surface area contributed by atoms with Crippen molar-refractivity contribution in [3.05, 3.63) is 64.1 Å². The van der Waals surface area contributed by atoms with Gasteiger partial charge in [0.1, 0.15) is 12.6 Å². The van der Waals surface area contributed by atoms with Crippen molar-refractivity contribution in [2.75, 3.05) is 17.1 Å². The quantitative estimate of drug-likeness (QED) is 0.520. The van der Waals surface area contributed by atoms with Crippen LogP contribution < -0.4 is 9.62 Å². The highest BCUT2D eigenvalue weighted by atomic mass is 35.5. The molecular weight excluding hydrogens is 497 g/mol. The summed E-state index contributed by atoms with van der Waals surface area (Å²) in [4.78, 5) is 28.1. The molecule has 2 aromatic rings. The first-order valence-electron chi connectivity index (χ1n) is 10.8.